The van der Waals surface area contributed by atoms with E-state index >= 15 is 0 Å². The van der Waals surface area contributed by atoms with E-state index in [0.717, 1.165) is 21.6 Å². The molecule has 0 spiro atoms. The SMILES string of the molecule is CNCc1ccc(Cl)cc1Sc1ncnn1C. The quantitative estimate of drug-likeness (QED) is 0.924. The van der Waals surface area contributed by atoms with Crippen LogP contribution in [0.3, 0.4) is 0 Å². The number of hydrogen-bond acceptors (Lipinski definition) is 4. The van der Waals surface area contributed by atoms with Crippen LogP contribution in [0.25, 0.3) is 0 Å². The van der Waals surface area contributed by atoms with E-state index in [-0.39, 0.29) is 0 Å². The highest BCUT2D eigenvalue weighted by atomic mass is 35.5. The van der Waals surface area contributed by atoms with Crippen molar-refractivity contribution in [1.82, 2.24) is 20.1 Å². The summed E-state index contributed by atoms with van der Waals surface area (Å²) < 4.78 is 1.74. The van der Waals surface area contributed by atoms with Gasteiger partial charge in [-0.1, -0.05) is 17.7 Å². The number of nitrogens with one attached hydrogen (secondary N) is 1. The number of benzene rings is 1. The average molecular weight is 269 g/mol. The van der Waals surface area contributed by atoms with Gasteiger partial charge in [0.2, 0.25) is 0 Å². The van der Waals surface area contributed by atoms with E-state index in [0.29, 0.717) is 0 Å². The van der Waals surface area contributed by atoms with Crippen molar-refractivity contribution in [2.45, 2.75) is 16.6 Å². The van der Waals surface area contributed by atoms with Gasteiger partial charge in [0, 0.05) is 23.5 Å². The third kappa shape index (κ3) is 3.00. The normalized spacial score (nSPS) is 10.8. The van der Waals surface area contributed by atoms with E-state index in [1.165, 1.54) is 5.56 Å². The maximum Gasteiger partial charge on any atom is 0.190 e. The molecule has 4 nitrogen and oxygen atoms in total. The molecule has 0 amide bonds. The number of aromatic nitrogens is 3. The highest BCUT2D eigenvalue weighted by molar-refractivity contribution is 7.99. The first kappa shape index (κ1) is 12.4. The monoisotopic (exact) mass is 268 g/mol. The zero-order valence-electron chi connectivity index (χ0n) is 9.64. The standard InChI is InChI=1S/C11H13ClN4S/c1-13-6-8-3-4-9(12)5-10(8)17-11-14-7-15-16(11)2/h3-5,7,13H,6H2,1-2H3. The highest BCUT2D eigenvalue weighted by Gasteiger charge is 2.08. The number of halogens is 1. The summed E-state index contributed by atoms with van der Waals surface area (Å²) in [5.74, 6) is 0. The molecule has 0 atom stereocenters. The molecule has 1 aromatic heterocycles. The molecule has 6 heteroatoms. The number of aryl methyl sites for hydroxylation is 1. The van der Waals surface area contributed by atoms with Gasteiger partial charge in [0.1, 0.15) is 6.33 Å². The first-order chi connectivity index (χ1) is 8.20. The van der Waals surface area contributed by atoms with Gasteiger partial charge in [-0.2, -0.15) is 5.10 Å². The number of hydrogen-bond donors (Lipinski definition) is 1. The summed E-state index contributed by atoms with van der Waals surface area (Å²) in [6, 6.07) is 5.88. The summed E-state index contributed by atoms with van der Waals surface area (Å²) >= 11 is 7.59. The summed E-state index contributed by atoms with van der Waals surface area (Å²) in [7, 11) is 3.79. The first-order valence-corrected chi connectivity index (χ1v) is 6.35. The molecule has 0 aliphatic carbocycles. The topological polar surface area (TPSA) is 42.7 Å². The van der Waals surface area contributed by atoms with Crippen LogP contribution in [0.15, 0.2) is 34.6 Å². The second-order valence-electron chi connectivity index (χ2n) is 3.55. The molecular weight excluding hydrogens is 256 g/mol. The van der Waals surface area contributed by atoms with Crippen LogP contribution in [-0.4, -0.2) is 21.8 Å². The Morgan fingerprint density at radius 2 is 2.29 bits per heavy atom. The van der Waals surface area contributed by atoms with Crippen molar-refractivity contribution >= 4 is 23.4 Å². The molecule has 0 fully saturated rings. The molecule has 0 unspecified atom stereocenters. The van der Waals surface area contributed by atoms with Crippen LogP contribution in [0.4, 0.5) is 0 Å². The van der Waals surface area contributed by atoms with Gasteiger partial charge in [0.05, 0.1) is 0 Å². The molecule has 2 aromatic rings. The van der Waals surface area contributed by atoms with Crippen molar-refractivity contribution in [3.63, 3.8) is 0 Å². The van der Waals surface area contributed by atoms with E-state index in [1.54, 1.807) is 22.8 Å². The molecule has 90 valence electrons. The van der Waals surface area contributed by atoms with Crippen LogP contribution in [-0.2, 0) is 13.6 Å². The molecule has 2 rings (SSSR count). The zero-order valence-corrected chi connectivity index (χ0v) is 11.2. The fraction of sp³-hybridized carbons (Fsp3) is 0.273. The molecule has 1 aromatic carbocycles. The van der Waals surface area contributed by atoms with Crippen LogP contribution in [0.5, 0.6) is 0 Å². The Kier molecular flexibility index (Phi) is 4.04. The molecule has 0 saturated carbocycles. The summed E-state index contributed by atoms with van der Waals surface area (Å²) in [4.78, 5) is 5.29. The van der Waals surface area contributed by atoms with Crippen molar-refractivity contribution in [1.29, 1.82) is 0 Å². The first-order valence-electron chi connectivity index (χ1n) is 5.15. The maximum atomic E-state index is 6.02. The second-order valence-corrected chi connectivity index (χ2v) is 5.00. The van der Waals surface area contributed by atoms with Gasteiger partial charge in [0.15, 0.2) is 5.16 Å². The molecule has 0 bridgehead atoms. The Morgan fingerprint density at radius 3 is 2.94 bits per heavy atom. The molecule has 1 N–H and O–H groups in total. The Balaban J connectivity index is 2.30. The third-order valence-electron chi connectivity index (χ3n) is 2.27. The van der Waals surface area contributed by atoms with Gasteiger partial charge in [-0.05, 0) is 36.5 Å². The van der Waals surface area contributed by atoms with Crippen molar-refractivity contribution in [2.24, 2.45) is 7.05 Å². The van der Waals surface area contributed by atoms with Crippen LogP contribution in [0.2, 0.25) is 5.02 Å². The predicted molar refractivity (Wildman–Crippen MR) is 69.3 cm³/mol. The van der Waals surface area contributed by atoms with Gasteiger partial charge in [-0.3, -0.25) is 0 Å². The Hall–Kier alpha value is -1.04. The molecular formula is C11H13ClN4S. The molecule has 17 heavy (non-hydrogen) atoms. The zero-order chi connectivity index (χ0) is 12.3. The van der Waals surface area contributed by atoms with Crippen molar-refractivity contribution in [3.8, 4) is 0 Å². The predicted octanol–water partition coefficient (Wildman–Crippen LogP) is 2.34. The smallest absolute Gasteiger partial charge is 0.190 e. The maximum absolute atomic E-state index is 6.02. The fourth-order valence-corrected chi connectivity index (χ4v) is 2.61. The fourth-order valence-electron chi connectivity index (χ4n) is 1.44. The third-order valence-corrected chi connectivity index (χ3v) is 3.65. The van der Waals surface area contributed by atoms with Crippen LogP contribution < -0.4 is 5.32 Å². The van der Waals surface area contributed by atoms with Crippen molar-refractivity contribution in [2.75, 3.05) is 7.05 Å². The lowest BCUT2D eigenvalue weighted by atomic mass is 10.2. The number of nitrogens with zero attached hydrogens (tertiary/aromatic N) is 3. The van der Waals surface area contributed by atoms with Gasteiger partial charge in [0.25, 0.3) is 0 Å². The number of rotatable bonds is 4. The summed E-state index contributed by atoms with van der Waals surface area (Å²) in [5.41, 5.74) is 1.20. The Morgan fingerprint density at radius 1 is 1.47 bits per heavy atom. The van der Waals surface area contributed by atoms with Crippen LogP contribution >= 0.6 is 23.4 Å². The van der Waals surface area contributed by atoms with Crippen LogP contribution in [0.1, 0.15) is 5.56 Å². The van der Waals surface area contributed by atoms with E-state index in [1.807, 2.05) is 32.3 Å². The summed E-state index contributed by atoms with van der Waals surface area (Å²) in [6.07, 6.45) is 1.55. The van der Waals surface area contributed by atoms with Crippen molar-refractivity contribution in [3.05, 3.63) is 35.1 Å². The van der Waals surface area contributed by atoms with Gasteiger partial charge in [-0.25, -0.2) is 9.67 Å². The molecule has 0 aliphatic heterocycles. The minimum Gasteiger partial charge on any atom is -0.316 e. The average Bonchev–Trinajstić information content (AvgIpc) is 2.69. The van der Waals surface area contributed by atoms with E-state index in [2.05, 4.69) is 15.4 Å². The lowest BCUT2D eigenvalue weighted by Gasteiger charge is -2.08. The Bertz CT molecular complexity index is 512. The second kappa shape index (κ2) is 5.53. The van der Waals surface area contributed by atoms with E-state index < -0.39 is 0 Å². The summed E-state index contributed by atoms with van der Waals surface area (Å²) in [5, 5.41) is 8.77. The minimum absolute atomic E-state index is 0.731. The van der Waals surface area contributed by atoms with E-state index in [4.69, 9.17) is 11.6 Å². The largest absolute Gasteiger partial charge is 0.316 e. The van der Waals surface area contributed by atoms with Gasteiger partial charge >= 0.3 is 0 Å². The highest BCUT2D eigenvalue weighted by Crippen LogP contribution is 2.30. The van der Waals surface area contributed by atoms with Crippen molar-refractivity contribution < 1.29 is 0 Å². The lowest BCUT2D eigenvalue weighted by Crippen LogP contribution is -2.06. The lowest BCUT2D eigenvalue weighted by molar-refractivity contribution is 0.684. The molecule has 0 aliphatic rings. The minimum atomic E-state index is 0.731. The van der Waals surface area contributed by atoms with E-state index in [9.17, 15) is 0 Å². The van der Waals surface area contributed by atoms with Gasteiger partial charge in [-0.15, -0.1) is 0 Å². The molecule has 0 radical (unpaired) electrons. The van der Waals surface area contributed by atoms with Gasteiger partial charge < -0.3 is 5.32 Å². The Labute approximate surface area is 109 Å². The summed E-state index contributed by atoms with van der Waals surface area (Å²) in [6.45, 7) is 0.803. The molecule has 0 saturated heterocycles. The molecule has 1 heterocycles. The van der Waals surface area contributed by atoms with Crippen LogP contribution in [0, 0.1) is 0 Å².